The minimum Gasteiger partial charge on any atom is -0.478 e. The first kappa shape index (κ1) is 29.9. The minimum absolute atomic E-state index is 0.0236. The molecule has 0 aliphatic carbocycles. The molecule has 0 bridgehead atoms. The molecule has 0 atom stereocenters. The second kappa shape index (κ2) is 14.0. The number of aromatic nitrogens is 1. The lowest BCUT2D eigenvalue weighted by atomic mass is 10.0. The lowest BCUT2D eigenvalue weighted by molar-refractivity contribution is 0.0697. The summed E-state index contributed by atoms with van der Waals surface area (Å²) in [6, 6.07) is 26.2. The monoisotopic (exact) mass is 560 g/mol. The van der Waals surface area contributed by atoms with Gasteiger partial charge in [-0.1, -0.05) is 73.1 Å². The number of fused-ring (bicyclic) bond motifs is 1. The van der Waals surface area contributed by atoms with E-state index in [1.165, 1.54) is 36.4 Å². The third-order valence-corrected chi connectivity index (χ3v) is 6.30. The number of pyridine rings is 1. The SMILES string of the molecule is CCC(=O)c1cccc(F)c1.Cc1c(-c2cccc(F)c2)nc2ccccc2c1Cl.Nc1ccccc1C(=O)O. The summed E-state index contributed by atoms with van der Waals surface area (Å²) in [5.41, 5.74) is 9.40. The number of carbonyl (C=O) groups is 2. The van der Waals surface area contributed by atoms with Gasteiger partial charge >= 0.3 is 5.97 Å². The van der Waals surface area contributed by atoms with Crippen molar-refractivity contribution in [2.75, 3.05) is 5.73 Å². The van der Waals surface area contributed by atoms with Crippen LogP contribution in [-0.2, 0) is 0 Å². The Kier molecular flexibility index (Phi) is 10.4. The van der Waals surface area contributed by atoms with E-state index in [-0.39, 0.29) is 23.0 Å². The van der Waals surface area contributed by atoms with Crippen molar-refractivity contribution >= 4 is 39.9 Å². The van der Waals surface area contributed by atoms with Crippen molar-refractivity contribution in [3.63, 3.8) is 0 Å². The van der Waals surface area contributed by atoms with Crippen LogP contribution in [0.25, 0.3) is 22.2 Å². The first-order valence-corrected chi connectivity index (χ1v) is 12.7. The summed E-state index contributed by atoms with van der Waals surface area (Å²) in [6.07, 6.45) is 0.420. The van der Waals surface area contributed by atoms with Gasteiger partial charge in [-0.2, -0.15) is 0 Å². The number of halogens is 3. The van der Waals surface area contributed by atoms with Gasteiger partial charge in [-0.25, -0.2) is 18.6 Å². The highest BCUT2D eigenvalue weighted by molar-refractivity contribution is 6.36. The molecule has 0 saturated carbocycles. The summed E-state index contributed by atoms with van der Waals surface area (Å²) in [7, 11) is 0. The molecule has 0 unspecified atom stereocenters. The molecule has 5 nitrogen and oxygen atoms in total. The predicted molar refractivity (Wildman–Crippen MR) is 156 cm³/mol. The molecular formula is C32H27ClF2N2O3. The minimum atomic E-state index is -0.988. The van der Waals surface area contributed by atoms with E-state index in [1.807, 2.05) is 37.3 Å². The summed E-state index contributed by atoms with van der Waals surface area (Å²) in [4.78, 5) is 25.9. The number of para-hydroxylation sites is 2. The number of benzene rings is 4. The van der Waals surface area contributed by atoms with Gasteiger partial charge in [0.1, 0.15) is 11.6 Å². The van der Waals surface area contributed by atoms with Gasteiger partial charge in [0.2, 0.25) is 0 Å². The van der Waals surface area contributed by atoms with Gasteiger partial charge in [-0.05, 0) is 55.0 Å². The van der Waals surface area contributed by atoms with Gasteiger partial charge in [0.05, 0.1) is 21.8 Å². The lowest BCUT2D eigenvalue weighted by Crippen LogP contribution is -2.00. The number of nitrogens with zero attached hydrogens (tertiary/aromatic N) is 1. The summed E-state index contributed by atoms with van der Waals surface area (Å²) >= 11 is 6.39. The molecule has 8 heteroatoms. The summed E-state index contributed by atoms with van der Waals surface area (Å²) < 4.78 is 25.8. The first-order valence-electron chi connectivity index (χ1n) is 12.3. The average molecular weight is 561 g/mol. The Labute approximate surface area is 235 Å². The number of aromatic carboxylic acids is 1. The van der Waals surface area contributed by atoms with Crippen LogP contribution in [0.5, 0.6) is 0 Å². The highest BCUT2D eigenvalue weighted by Gasteiger charge is 2.12. The van der Waals surface area contributed by atoms with Crippen LogP contribution in [-0.4, -0.2) is 21.8 Å². The van der Waals surface area contributed by atoms with Gasteiger partial charge < -0.3 is 10.8 Å². The Balaban J connectivity index is 0.000000180. The second-order valence-corrected chi connectivity index (χ2v) is 8.98. The zero-order chi connectivity index (χ0) is 29.2. The van der Waals surface area contributed by atoms with Crippen molar-refractivity contribution in [3.8, 4) is 11.3 Å². The van der Waals surface area contributed by atoms with E-state index in [1.54, 1.807) is 37.3 Å². The molecule has 0 amide bonds. The fourth-order valence-electron chi connectivity index (χ4n) is 3.74. The largest absolute Gasteiger partial charge is 0.478 e. The number of rotatable bonds is 4. The van der Waals surface area contributed by atoms with Crippen LogP contribution in [0, 0.1) is 18.6 Å². The Morgan fingerprint density at radius 2 is 1.50 bits per heavy atom. The first-order chi connectivity index (χ1) is 19.1. The maximum absolute atomic E-state index is 13.3. The van der Waals surface area contributed by atoms with E-state index in [0.717, 1.165) is 27.7 Å². The van der Waals surface area contributed by atoms with Crippen LogP contribution in [0.15, 0.2) is 97.1 Å². The molecule has 0 spiro atoms. The molecule has 0 aliphatic heterocycles. The molecule has 5 rings (SSSR count). The molecule has 0 radical (unpaired) electrons. The maximum atomic E-state index is 13.3. The van der Waals surface area contributed by atoms with Gasteiger partial charge in [0.25, 0.3) is 0 Å². The highest BCUT2D eigenvalue weighted by Crippen LogP contribution is 2.32. The summed E-state index contributed by atoms with van der Waals surface area (Å²) in [5.74, 6) is -1.64. The van der Waals surface area contributed by atoms with Gasteiger partial charge in [-0.15, -0.1) is 0 Å². The van der Waals surface area contributed by atoms with Gasteiger partial charge in [-0.3, -0.25) is 4.79 Å². The average Bonchev–Trinajstić information content (AvgIpc) is 2.95. The second-order valence-electron chi connectivity index (χ2n) is 8.61. The van der Waals surface area contributed by atoms with E-state index in [0.29, 0.717) is 22.7 Å². The smallest absolute Gasteiger partial charge is 0.337 e. The van der Waals surface area contributed by atoms with E-state index in [9.17, 15) is 18.4 Å². The number of nitrogen functional groups attached to an aromatic ring is 1. The lowest BCUT2D eigenvalue weighted by Gasteiger charge is -2.10. The zero-order valence-electron chi connectivity index (χ0n) is 21.9. The number of anilines is 1. The van der Waals surface area contributed by atoms with Crippen LogP contribution in [0.1, 0.15) is 39.6 Å². The molecule has 1 aromatic heterocycles. The standard InChI is InChI=1S/C16H11ClFN.C9H9FO.C7H7NO2/c1-10-15(17)13-7-2-3-8-14(13)19-16(10)11-5-4-6-12(18)9-11;1-2-9(11)7-4-3-5-8(10)6-7;8-6-4-2-1-3-5(6)7(9)10/h2-9H,1H3;3-6H,2H2,1H3;1-4H,8H2,(H,9,10). The van der Waals surface area contributed by atoms with Crippen LogP contribution in [0.4, 0.5) is 14.5 Å². The fraction of sp³-hybridized carbons (Fsp3) is 0.0938. The van der Waals surface area contributed by atoms with Crippen LogP contribution >= 0.6 is 11.6 Å². The van der Waals surface area contributed by atoms with E-state index in [4.69, 9.17) is 22.4 Å². The molecule has 40 heavy (non-hydrogen) atoms. The molecule has 0 saturated heterocycles. The number of hydrogen-bond donors (Lipinski definition) is 2. The number of ketones is 1. The number of hydrogen-bond acceptors (Lipinski definition) is 4. The predicted octanol–water partition coefficient (Wildman–Crippen LogP) is 8.39. The Hall–Kier alpha value is -4.62. The summed E-state index contributed by atoms with van der Waals surface area (Å²) in [6.45, 7) is 3.66. The number of carboxylic acids is 1. The fourth-order valence-corrected chi connectivity index (χ4v) is 3.99. The number of carboxylic acid groups (broad SMARTS) is 1. The third kappa shape index (κ3) is 7.71. The normalized spacial score (nSPS) is 10.1. The molecule has 4 aromatic carbocycles. The Morgan fingerprint density at radius 3 is 2.10 bits per heavy atom. The number of Topliss-reactive ketones (excluding diaryl/α,β-unsaturated/α-hetero) is 1. The highest BCUT2D eigenvalue weighted by atomic mass is 35.5. The van der Waals surface area contributed by atoms with Crippen molar-refractivity contribution in [1.29, 1.82) is 0 Å². The zero-order valence-corrected chi connectivity index (χ0v) is 22.6. The van der Waals surface area contributed by atoms with E-state index >= 15 is 0 Å². The Morgan fingerprint density at radius 1 is 0.875 bits per heavy atom. The molecule has 1 heterocycles. The van der Waals surface area contributed by atoms with Crippen molar-refractivity contribution < 1.29 is 23.5 Å². The summed E-state index contributed by atoms with van der Waals surface area (Å²) in [5, 5.41) is 10.1. The molecule has 3 N–H and O–H groups in total. The van der Waals surface area contributed by atoms with Gasteiger partial charge in [0.15, 0.2) is 5.78 Å². The molecule has 5 aromatic rings. The van der Waals surface area contributed by atoms with E-state index < -0.39 is 5.97 Å². The van der Waals surface area contributed by atoms with E-state index in [2.05, 4.69) is 4.98 Å². The number of nitrogens with two attached hydrogens (primary N) is 1. The van der Waals surface area contributed by atoms with Gasteiger partial charge in [0, 0.05) is 28.6 Å². The van der Waals surface area contributed by atoms with Crippen LogP contribution in [0.3, 0.4) is 0 Å². The van der Waals surface area contributed by atoms with Crippen molar-refractivity contribution in [2.45, 2.75) is 20.3 Å². The maximum Gasteiger partial charge on any atom is 0.337 e. The van der Waals surface area contributed by atoms with Crippen molar-refractivity contribution in [1.82, 2.24) is 4.98 Å². The van der Waals surface area contributed by atoms with Crippen molar-refractivity contribution in [3.05, 3.63) is 130 Å². The Bertz CT molecular complexity index is 1660. The molecule has 0 aliphatic rings. The number of carbonyl (C=O) groups excluding carboxylic acids is 1. The van der Waals surface area contributed by atoms with Crippen LogP contribution in [0.2, 0.25) is 5.02 Å². The third-order valence-electron chi connectivity index (χ3n) is 5.81. The van der Waals surface area contributed by atoms with Crippen LogP contribution < -0.4 is 5.73 Å². The molecular weight excluding hydrogens is 534 g/mol. The molecule has 204 valence electrons. The van der Waals surface area contributed by atoms with Crippen molar-refractivity contribution in [2.24, 2.45) is 0 Å². The molecule has 0 fully saturated rings. The topological polar surface area (TPSA) is 93.3 Å². The quantitative estimate of drug-likeness (QED) is 0.170.